The molecule has 1 heterocycles. The van der Waals surface area contributed by atoms with Crippen LogP contribution in [0.15, 0.2) is 63.6 Å². The lowest BCUT2D eigenvalue weighted by atomic mass is 10.2. The van der Waals surface area contributed by atoms with Crippen LogP contribution in [0.5, 0.6) is 5.75 Å². The highest BCUT2D eigenvalue weighted by Gasteiger charge is 2.23. The maximum absolute atomic E-state index is 12.1. The zero-order valence-electron chi connectivity index (χ0n) is 14.4. The number of nitrogens with zero attached hydrogens (tertiary/aromatic N) is 3. The smallest absolute Gasteiger partial charge is 0.264 e. The Labute approximate surface area is 155 Å². The molecular weight excluding hydrogens is 348 g/mol. The maximum Gasteiger partial charge on any atom is 0.264 e. The molecule has 0 atom stereocenters. The van der Waals surface area contributed by atoms with Crippen LogP contribution in [0.25, 0.3) is 6.08 Å². The van der Waals surface area contributed by atoms with E-state index in [-0.39, 0.29) is 11.7 Å². The largest absolute Gasteiger partial charge is 0.507 e. The molecule has 7 heteroatoms. The number of phenolic OH excluding ortho intramolecular Hbond substituents is 1. The van der Waals surface area contributed by atoms with Gasteiger partial charge in [0.05, 0.1) is 11.1 Å². The Morgan fingerprint density at radius 1 is 1.12 bits per heavy atom. The summed E-state index contributed by atoms with van der Waals surface area (Å²) in [5, 5.41) is 20.7. The number of hydrogen-bond acceptors (Lipinski definition) is 6. The van der Waals surface area contributed by atoms with Crippen molar-refractivity contribution in [1.82, 2.24) is 5.32 Å². The molecule has 132 valence electrons. The molecule has 0 unspecified atom stereocenters. The highest BCUT2D eigenvalue weighted by atomic mass is 32.2. The van der Waals surface area contributed by atoms with Gasteiger partial charge in [-0.2, -0.15) is 5.10 Å². The molecule has 1 saturated heterocycles. The molecule has 0 aromatic heterocycles. The number of hydrogen-bond donors (Lipinski definition) is 2. The van der Waals surface area contributed by atoms with Gasteiger partial charge in [0.15, 0.2) is 5.17 Å². The molecule has 1 fully saturated rings. The molecule has 0 spiro atoms. The number of carbonyl (C=O) groups is 1. The molecule has 1 aliphatic heterocycles. The topological polar surface area (TPSA) is 77.3 Å². The van der Waals surface area contributed by atoms with Gasteiger partial charge in [-0.3, -0.25) is 10.1 Å². The zero-order valence-corrected chi connectivity index (χ0v) is 15.2. The minimum atomic E-state index is -0.205. The van der Waals surface area contributed by atoms with Crippen molar-refractivity contribution in [1.29, 1.82) is 0 Å². The number of rotatable bonds is 4. The molecule has 2 aromatic carbocycles. The van der Waals surface area contributed by atoms with E-state index in [0.717, 1.165) is 11.3 Å². The van der Waals surface area contributed by atoms with E-state index in [4.69, 9.17) is 0 Å². The molecule has 0 aliphatic carbocycles. The second-order valence-corrected chi connectivity index (χ2v) is 6.79. The number of anilines is 1. The molecule has 1 aliphatic rings. The van der Waals surface area contributed by atoms with Gasteiger partial charge in [-0.1, -0.05) is 24.3 Å². The Hall–Kier alpha value is -3.06. The van der Waals surface area contributed by atoms with E-state index in [1.807, 2.05) is 49.3 Å². The molecule has 0 saturated carbocycles. The van der Waals surface area contributed by atoms with Gasteiger partial charge in [0.2, 0.25) is 0 Å². The first-order valence-corrected chi connectivity index (χ1v) is 8.72. The van der Waals surface area contributed by atoms with Gasteiger partial charge in [0.1, 0.15) is 5.75 Å². The van der Waals surface area contributed by atoms with Gasteiger partial charge in [-0.15, -0.1) is 5.10 Å². The van der Waals surface area contributed by atoms with Crippen LogP contribution in [0.1, 0.15) is 11.1 Å². The quantitative estimate of drug-likeness (QED) is 0.495. The Balaban J connectivity index is 1.71. The normalized spacial score (nSPS) is 17.2. The Morgan fingerprint density at radius 2 is 1.85 bits per heavy atom. The summed E-state index contributed by atoms with van der Waals surface area (Å²) in [4.78, 5) is 14.6. The molecule has 0 radical (unpaired) electrons. The van der Waals surface area contributed by atoms with Crippen LogP contribution >= 0.6 is 11.8 Å². The van der Waals surface area contributed by atoms with Crippen LogP contribution in [0, 0.1) is 0 Å². The number of nitrogens with one attached hydrogen (secondary N) is 1. The lowest BCUT2D eigenvalue weighted by molar-refractivity contribution is -0.115. The fourth-order valence-corrected chi connectivity index (χ4v) is 3.01. The standard InChI is InChI=1S/C19H18N4O2S/c1-23(2)15-9-7-13(8-10-15)11-17-18(25)21-19(26-17)22-20-12-14-5-3-4-6-16(14)24/h3-12,24H,1-2H3,(H,21,22,25)/b17-11+,20-12?. The Morgan fingerprint density at radius 3 is 2.54 bits per heavy atom. The predicted molar refractivity (Wildman–Crippen MR) is 108 cm³/mol. The highest BCUT2D eigenvalue weighted by Crippen LogP contribution is 2.26. The van der Waals surface area contributed by atoms with Crippen molar-refractivity contribution < 1.29 is 9.90 Å². The molecule has 2 N–H and O–H groups in total. The van der Waals surface area contributed by atoms with E-state index in [1.54, 1.807) is 24.3 Å². The van der Waals surface area contributed by atoms with Gasteiger partial charge in [-0.05, 0) is 47.7 Å². The van der Waals surface area contributed by atoms with E-state index in [9.17, 15) is 9.90 Å². The maximum atomic E-state index is 12.1. The van der Waals surface area contributed by atoms with Crippen molar-refractivity contribution in [2.45, 2.75) is 0 Å². The minimum Gasteiger partial charge on any atom is -0.507 e. The van der Waals surface area contributed by atoms with Crippen LogP contribution in [-0.4, -0.2) is 36.5 Å². The summed E-state index contributed by atoms with van der Waals surface area (Å²) in [6.07, 6.45) is 3.26. The Kier molecular flexibility index (Phi) is 5.38. The van der Waals surface area contributed by atoms with Gasteiger partial charge in [0.25, 0.3) is 5.91 Å². The van der Waals surface area contributed by atoms with E-state index < -0.39 is 0 Å². The summed E-state index contributed by atoms with van der Waals surface area (Å²) >= 11 is 1.23. The van der Waals surface area contributed by atoms with E-state index in [0.29, 0.717) is 15.6 Å². The molecule has 3 rings (SSSR count). The van der Waals surface area contributed by atoms with Crippen LogP contribution in [0.3, 0.4) is 0 Å². The first-order valence-electron chi connectivity index (χ1n) is 7.90. The fourth-order valence-electron chi connectivity index (χ4n) is 2.24. The second kappa shape index (κ2) is 7.88. The number of para-hydroxylation sites is 1. The third-order valence-electron chi connectivity index (χ3n) is 3.64. The van der Waals surface area contributed by atoms with Gasteiger partial charge in [0, 0.05) is 25.3 Å². The third-order valence-corrected chi connectivity index (χ3v) is 4.54. The lowest BCUT2D eigenvalue weighted by Gasteiger charge is -2.11. The monoisotopic (exact) mass is 366 g/mol. The molecular formula is C19H18N4O2S. The highest BCUT2D eigenvalue weighted by molar-refractivity contribution is 8.18. The van der Waals surface area contributed by atoms with Gasteiger partial charge < -0.3 is 10.0 Å². The van der Waals surface area contributed by atoms with Crippen LogP contribution in [-0.2, 0) is 4.79 Å². The third kappa shape index (κ3) is 4.31. The number of amidine groups is 1. The lowest BCUT2D eigenvalue weighted by Crippen LogP contribution is -2.19. The summed E-state index contributed by atoms with van der Waals surface area (Å²) < 4.78 is 0. The summed E-state index contributed by atoms with van der Waals surface area (Å²) in [6, 6.07) is 14.7. The predicted octanol–water partition coefficient (Wildman–Crippen LogP) is 3.05. The van der Waals surface area contributed by atoms with Gasteiger partial charge in [-0.25, -0.2) is 0 Å². The molecule has 1 amide bonds. The number of carbonyl (C=O) groups excluding carboxylic acids is 1. The van der Waals surface area contributed by atoms with Crippen molar-refractivity contribution in [3.05, 3.63) is 64.6 Å². The van der Waals surface area contributed by atoms with E-state index >= 15 is 0 Å². The van der Waals surface area contributed by atoms with Crippen LogP contribution in [0.4, 0.5) is 5.69 Å². The molecule has 6 nitrogen and oxygen atoms in total. The van der Waals surface area contributed by atoms with Crippen molar-refractivity contribution in [2.75, 3.05) is 19.0 Å². The minimum absolute atomic E-state index is 0.126. The van der Waals surface area contributed by atoms with Crippen molar-refractivity contribution in [3.63, 3.8) is 0 Å². The first kappa shape index (κ1) is 17.8. The molecule has 26 heavy (non-hydrogen) atoms. The zero-order chi connectivity index (χ0) is 18.5. The summed E-state index contributed by atoms with van der Waals surface area (Å²) in [7, 11) is 3.96. The van der Waals surface area contributed by atoms with Gasteiger partial charge >= 0.3 is 0 Å². The number of benzene rings is 2. The summed E-state index contributed by atoms with van der Waals surface area (Å²) in [5.74, 6) is -0.0792. The van der Waals surface area contributed by atoms with Crippen molar-refractivity contribution in [3.8, 4) is 5.75 Å². The van der Waals surface area contributed by atoms with E-state index in [1.165, 1.54) is 18.0 Å². The van der Waals surface area contributed by atoms with Crippen LogP contribution < -0.4 is 10.2 Å². The fraction of sp³-hybridized carbons (Fsp3) is 0.105. The molecule has 0 bridgehead atoms. The van der Waals surface area contributed by atoms with E-state index in [2.05, 4.69) is 15.5 Å². The molecule has 2 aromatic rings. The van der Waals surface area contributed by atoms with Crippen LogP contribution in [0.2, 0.25) is 0 Å². The SMILES string of the molecule is CN(C)c1ccc(/C=C2/SC(=NN=Cc3ccccc3O)NC2=O)cc1. The second-order valence-electron chi connectivity index (χ2n) is 5.76. The Bertz CT molecular complexity index is 902. The van der Waals surface area contributed by atoms with Crippen molar-refractivity contribution >= 4 is 40.8 Å². The number of phenols is 1. The average molecular weight is 366 g/mol. The summed E-state index contributed by atoms with van der Waals surface area (Å²) in [5.41, 5.74) is 2.59. The summed E-state index contributed by atoms with van der Waals surface area (Å²) in [6.45, 7) is 0. The average Bonchev–Trinajstić information content (AvgIpc) is 2.96. The first-order chi connectivity index (χ1) is 12.5. The number of aromatic hydroxyl groups is 1. The van der Waals surface area contributed by atoms with Crippen molar-refractivity contribution in [2.24, 2.45) is 10.2 Å². The number of thioether (sulfide) groups is 1. The number of amides is 1.